The molecule has 0 saturated carbocycles. The molecule has 0 aromatic heterocycles. The van der Waals surface area contributed by atoms with E-state index < -0.39 is 25.0 Å². The number of halogens is 5. The van der Waals surface area contributed by atoms with Crippen molar-refractivity contribution in [2.24, 2.45) is 0 Å². The van der Waals surface area contributed by atoms with Gasteiger partial charge in [0.2, 0.25) is 6.29 Å². The van der Waals surface area contributed by atoms with Crippen molar-refractivity contribution >= 4 is 0 Å². The summed E-state index contributed by atoms with van der Waals surface area (Å²) in [5, 5.41) is 8.22. The standard InChI is InChI=1S/C5H7F5O2/c1-2-12-3(11)4(6,7)5(8,9)10/h3,11H,2H2,1H3. The van der Waals surface area contributed by atoms with Crippen molar-refractivity contribution < 1.29 is 31.8 Å². The lowest BCUT2D eigenvalue weighted by Crippen LogP contribution is -2.48. The first-order valence-electron chi connectivity index (χ1n) is 2.97. The molecule has 0 aliphatic carbocycles. The molecule has 0 saturated heterocycles. The predicted molar refractivity (Wildman–Crippen MR) is 28.6 cm³/mol. The molecule has 0 fully saturated rings. The third-order valence-corrected chi connectivity index (χ3v) is 1.01. The number of hydrogen-bond acceptors (Lipinski definition) is 2. The first kappa shape index (κ1) is 11.6. The Balaban J connectivity index is 4.38. The Morgan fingerprint density at radius 2 is 1.67 bits per heavy atom. The molecule has 1 atom stereocenters. The molecule has 0 bridgehead atoms. The molecular weight excluding hydrogens is 187 g/mol. The molecule has 74 valence electrons. The van der Waals surface area contributed by atoms with Crippen LogP contribution in [0.25, 0.3) is 0 Å². The summed E-state index contributed by atoms with van der Waals surface area (Å²) in [7, 11) is 0. The topological polar surface area (TPSA) is 29.5 Å². The molecule has 1 unspecified atom stereocenters. The van der Waals surface area contributed by atoms with Gasteiger partial charge < -0.3 is 9.84 Å². The molecule has 2 nitrogen and oxygen atoms in total. The molecule has 0 radical (unpaired) electrons. The van der Waals surface area contributed by atoms with Crippen LogP contribution in [0, 0.1) is 0 Å². The van der Waals surface area contributed by atoms with E-state index in [9.17, 15) is 22.0 Å². The molecule has 0 amide bonds. The van der Waals surface area contributed by atoms with Crippen LogP contribution >= 0.6 is 0 Å². The maximum atomic E-state index is 12.0. The van der Waals surface area contributed by atoms with E-state index in [1.54, 1.807) is 0 Å². The van der Waals surface area contributed by atoms with E-state index >= 15 is 0 Å². The van der Waals surface area contributed by atoms with Crippen molar-refractivity contribution in [1.29, 1.82) is 0 Å². The SMILES string of the molecule is CCOC(O)C(F)(F)C(F)(F)F. The predicted octanol–water partition coefficient (Wildman–Crippen LogP) is 1.54. The lowest BCUT2D eigenvalue weighted by molar-refractivity contribution is -0.355. The number of aliphatic hydroxyl groups is 1. The number of alkyl halides is 5. The highest BCUT2D eigenvalue weighted by Gasteiger charge is 2.63. The van der Waals surface area contributed by atoms with Crippen LogP contribution in [-0.2, 0) is 4.74 Å². The minimum atomic E-state index is -5.79. The van der Waals surface area contributed by atoms with Gasteiger partial charge in [0, 0.05) is 6.61 Å². The normalized spacial score (nSPS) is 16.2. The molecule has 0 aromatic rings. The minimum absolute atomic E-state index is 0.424. The highest BCUT2D eigenvalue weighted by molar-refractivity contribution is 4.78. The first-order valence-corrected chi connectivity index (χ1v) is 2.97. The zero-order chi connectivity index (χ0) is 9.99. The van der Waals surface area contributed by atoms with Crippen molar-refractivity contribution in [3.63, 3.8) is 0 Å². The Bertz CT molecular complexity index is 143. The van der Waals surface area contributed by atoms with Gasteiger partial charge in [0.1, 0.15) is 0 Å². The summed E-state index contributed by atoms with van der Waals surface area (Å²) < 4.78 is 62.0. The van der Waals surface area contributed by atoms with E-state index in [2.05, 4.69) is 4.74 Å². The van der Waals surface area contributed by atoms with Crippen LogP contribution in [0.3, 0.4) is 0 Å². The second-order valence-corrected chi connectivity index (χ2v) is 1.93. The first-order chi connectivity index (χ1) is 5.23. The Hall–Kier alpha value is -0.430. The van der Waals surface area contributed by atoms with Gasteiger partial charge in [0.15, 0.2) is 0 Å². The van der Waals surface area contributed by atoms with Gasteiger partial charge in [-0.25, -0.2) is 0 Å². The zero-order valence-electron chi connectivity index (χ0n) is 6.03. The van der Waals surface area contributed by atoms with Gasteiger partial charge in [-0.15, -0.1) is 0 Å². The minimum Gasteiger partial charge on any atom is -0.363 e. The van der Waals surface area contributed by atoms with Crippen molar-refractivity contribution in [3.05, 3.63) is 0 Å². The third-order valence-electron chi connectivity index (χ3n) is 1.01. The zero-order valence-corrected chi connectivity index (χ0v) is 6.03. The summed E-state index contributed by atoms with van der Waals surface area (Å²) in [6.07, 6.45) is -8.93. The smallest absolute Gasteiger partial charge is 0.363 e. The van der Waals surface area contributed by atoms with E-state index in [1.807, 2.05) is 0 Å². The Labute approximate surface area is 64.9 Å². The number of hydrogen-bond donors (Lipinski definition) is 1. The molecule has 0 heterocycles. The number of aliphatic hydroxyl groups excluding tert-OH is 1. The summed E-state index contributed by atoms with van der Waals surface area (Å²) in [5.74, 6) is -5.22. The number of ether oxygens (including phenoxy) is 1. The maximum Gasteiger partial charge on any atom is 0.458 e. The highest BCUT2D eigenvalue weighted by Crippen LogP contribution is 2.38. The van der Waals surface area contributed by atoms with E-state index in [0.717, 1.165) is 0 Å². The summed E-state index contributed by atoms with van der Waals surface area (Å²) in [6.45, 7) is 0.766. The van der Waals surface area contributed by atoms with Crippen LogP contribution < -0.4 is 0 Å². The third kappa shape index (κ3) is 2.28. The lowest BCUT2D eigenvalue weighted by Gasteiger charge is -2.23. The lowest BCUT2D eigenvalue weighted by atomic mass is 10.3. The highest BCUT2D eigenvalue weighted by atomic mass is 19.4. The van der Waals surface area contributed by atoms with Gasteiger partial charge >= 0.3 is 12.1 Å². The fourth-order valence-electron chi connectivity index (χ4n) is 0.403. The molecule has 0 rings (SSSR count). The quantitative estimate of drug-likeness (QED) is 0.545. The monoisotopic (exact) mass is 194 g/mol. The Morgan fingerprint density at radius 3 is 1.92 bits per heavy atom. The average molecular weight is 194 g/mol. The fourth-order valence-corrected chi connectivity index (χ4v) is 0.403. The van der Waals surface area contributed by atoms with E-state index in [4.69, 9.17) is 5.11 Å². The summed E-state index contributed by atoms with van der Waals surface area (Å²) in [5.41, 5.74) is 0. The van der Waals surface area contributed by atoms with E-state index in [1.165, 1.54) is 6.92 Å². The van der Waals surface area contributed by atoms with Gasteiger partial charge in [-0.2, -0.15) is 22.0 Å². The van der Waals surface area contributed by atoms with Crippen molar-refractivity contribution in [3.8, 4) is 0 Å². The molecule has 12 heavy (non-hydrogen) atoms. The van der Waals surface area contributed by atoms with Crippen LogP contribution in [0.4, 0.5) is 22.0 Å². The van der Waals surface area contributed by atoms with Crippen LogP contribution in [-0.4, -0.2) is 30.1 Å². The number of rotatable bonds is 3. The molecule has 0 aliphatic heterocycles. The van der Waals surface area contributed by atoms with E-state index in [0.29, 0.717) is 0 Å². The van der Waals surface area contributed by atoms with Crippen molar-refractivity contribution in [1.82, 2.24) is 0 Å². The van der Waals surface area contributed by atoms with E-state index in [-0.39, 0.29) is 0 Å². The van der Waals surface area contributed by atoms with Gasteiger partial charge in [0.05, 0.1) is 0 Å². The van der Waals surface area contributed by atoms with Crippen molar-refractivity contribution in [2.75, 3.05) is 6.61 Å². The summed E-state index contributed by atoms with van der Waals surface area (Å²) >= 11 is 0. The Morgan fingerprint density at radius 1 is 1.25 bits per heavy atom. The second kappa shape index (κ2) is 3.53. The van der Waals surface area contributed by atoms with Gasteiger partial charge in [-0.3, -0.25) is 0 Å². The van der Waals surface area contributed by atoms with Crippen molar-refractivity contribution in [2.45, 2.75) is 25.3 Å². The fraction of sp³-hybridized carbons (Fsp3) is 1.00. The largest absolute Gasteiger partial charge is 0.458 e. The van der Waals surface area contributed by atoms with Crippen LogP contribution in [0.1, 0.15) is 6.92 Å². The Kier molecular flexibility index (Phi) is 3.40. The molecule has 0 aromatic carbocycles. The summed E-state index contributed by atoms with van der Waals surface area (Å²) in [4.78, 5) is 0. The molecule has 0 spiro atoms. The molecule has 7 heteroatoms. The van der Waals surface area contributed by atoms with Crippen LogP contribution in [0.2, 0.25) is 0 Å². The van der Waals surface area contributed by atoms with Gasteiger partial charge in [-0.1, -0.05) is 0 Å². The maximum absolute atomic E-state index is 12.0. The van der Waals surface area contributed by atoms with Crippen LogP contribution in [0.15, 0.2) is 0 Å². The average Bonchev–Trinajstić information content (AvgIpc) is 1.85. The second-order valence-electron chi connectivity index (χ2n) is 1.93. The van der Waals surface area contributed by atoms with Gasteiger partial charge in [-0.05, 0) is 6.92 Å². The van der Waals surface area contributed by atoms with Crippen LogP contribution in [0.5, 0.6) is 0 Å². The molecular formula is C5H7F5O2. The molecule has 1 N–H and O–H groups in total. The van der Waals surface area contributed by atoms with Gasteiger partial charge in [0.25, 0.3) is 0 Å². The molecule has 0 aliphatic rings. The summed E-state index contributed by atoms with van der Waals surface area (Å²) in [6, 6.07) is 0.